The van der Waals surface area contributed by atoms with E-state index in [1.165, 1.54) is 4.31 Å². The van der Waals surface area contributed by atoms with Crippen molar-refractivity contribution in [3.8, 4) is 5.75 Å². The number of sulfonamides is 1. The number of anilines is 2. The van der Waals surface area contributed by atoms with Crippen molar-refractivity contribution >= 4 is 33.2 Å². The fraction of sp³-hybridized carbons (Fsp3) is 0.391. The Balaban J connectivity index is 1.41. The zero-order chi connectivity index (χ0) is 23.0. The number of aryl methyl sites for hydroxylation is 3. The number of hydrogen-bond acceptors (Lipinski definition) is 5. The summed E-state index contributed by atoms with van der Waals surface area (Å²) in [6.45, 7) is 6.15. The Hall–Kier alpha value is -2.91. The molecule has 8 nitrogen and oxygen atoms in total. The summed E-state index contributed by atoms with van der Waals surface area (Å²) in [6, 6.07) is 8.84. The predicted octanol–water partition coefficient (Wildman–Crippen LogP) is 2.98. The molecule has 2 N–H and O–H groups in total. The highest BCUT2D eigenvalue weighted by molar-refractivity contribution is 7.89. The Kier molecular flexibility index (Phi) is 5.96. The molecule has 1 fully saturated rings. The molecule has 1 saturated heterocycles. The van der Waals surface area contributed by atoms with E-state index in [2.05, 4.69) is 10.6 Å². The van der Waals surface area contributed by atoms with Crippen LogP contribution in [0.2, 0.25) is 0 Å². The smallest absolute Gasteiger partial charge is 0.262 e. The molecule has 4 rings (SSSR count). The molecule has 32 heavy (non-hydrogen) atoms. The Morgan fingerprint density at radius 1 is 1.09 bits per heavy atom. The van der Waals surface area contributed by atoms with Gasteiger partial charge in [0.1, 0.15) is 5.75 Å². The predicted molar refractivity (Wildman–Crippen MR) is 121 cm³/mol. The van der Waals surface area contributed by atoms with E-state index in [0.29, 0.717) is 48.0 Å². The maximum absolute atomic E-state index is 13.2. The molecule has 2 amide bonds. The number of ether oxygens (including phenoxy) is 1. The fourth-order valence-electron chi connectivity index (χ4n) is 4.47. The van der Waals surface area contributed by atoms with E-state index in [9.17, 15) is 18.0 Å². The summed E-state index contributed by atoms with van der Waals surface area (Å²) in [5.74, 6) is -0.132. The number of nitrogens with zero attached hydrogens (tertiary/aromatic N) is 1. The van der Waals surface area contributed by atoms with Crippen LogP contribution in [0.3, 0.4) is 0 Å². The largest absolute Gasteiger partial charge is 0.482 e. The summed E-state index contributed by atoms with van der Waals surface area (Å²) in [4.78, 5) is 24.6. The number of amides is 2. The van der Waals surface area contributed by atoms with Crippen molar-refractivity contribution in [3.05, 3.63) is 47.0 Å². The highest BCUT2D eigenvalue weighted by atomic mass is 32.2. The van der Waals surface area contributed by atoms with Gasteiger partial charge in [-0.1, -0.05) is 17.7 Å². The summed E-state index contributed by atoms with van der Waals surface area (Å²) in [5, 5.41) is 5.59. The minimum Gasteiger partial charge on any atom is -0.482 e. The van der Waals surface area contributed by atoms with E-state index in [4.69, 9.17) is 4.74 Å². The normalized spacial score (nSPS) is 17.3. The lowest BCUT2D eigenvalue weighted by Gasteiger charge is -2.31. The van der Waals surface area contributed by atoms with Crippen molar-refractivity contribution in [2.45, 2.75) is 38.5 Å². The van der Waals surface area contributed by atoms with Crippen LogP contribution in [-0.2, 0) is 19.6 Å². The molecular formula is C23H27N3O5S. The lowest BCUT2D eigenvalue weighted by atomic mass is 9.97. The molecule has 0 unspecified atom stereocenters. The quantitative estimate of drug-likeness (QED) is 0.734. The lowest BCUT2D eigenvalue weighted by Crippen LogP contribution is -2.41. The molecule has 0 aromatic heterocycles. The summed E-state index contributed by atoms with van der Waals surface area (Å²) in [6.07, 6.45) is 0.889. The van der Waals surface area contributed by atoms with Gasteiger partial charge in [-0.05, 0) is 62.9 Å². The van der Waals surface area contributed by atoms with Gasteiger partial charge in [0.2, 0.25) is 15.9 Å². The number of carbonyl (C=O) groups is 2. The SMILES string of the molecule is Cc1cc(C)c(S(=O)(=O)N2CCC(C(=O)Nc3ccc4c(c3)NC(=O)CO4)CC2)c(C)c1. The minimum absolute atomic E-state index is 0.0260. The van der Waals surface area contributed by atoms with Crippen LogP contribution < -0.4 is 15.4 Å². The third kappa shape index (κ3) is 4.35. The standard InChI is InChI=1S/C23H27N3O5S/c1-14-10-15(2)22(16(3)11-14)32(29,30)26-8-6-17(7-9-26)23(28)24-18-4-5-20-19(12-18)25-21(27)13-31-20/h4-5,10-12,17H,6-9,13H2,1-3H3,(H,24,28)(H,25,27). The van der Waals surface area contributed by atoms with Crippen molar-refractivity contribution in [3.63, 3.8) is 0 Å². The van der Waals surface area contributed by atoms with Crippen LogP contribution in [-0.4, -0.2) is 44.2 Å². The average Bonchev–Trinajstić information content (AvgIpc) is 2.72. The molecule has 0 saturated carbocycles. The molecule has 2 aliphatic rings. The molecule has 2 heterocycles. The van der Waals surface area contributed by atoms with E-state index in [0.717, 1.165) is 16.7 Å². The highest BCUT2D eigenvalue weighted by Crippen LogP contribution is 2.32. The molecule has 0 spiro atoms. The van der Waals surface area contributed by atoms with Crippen LogP contribution in [0.4, 0.5) is 11.4 Å². The Morgan fingerprint density at radius 2 is 1.75 bits per heavy atom. The number of fused-ring (bicyclic) bond motifs is 1. The van der Waals surface area contributed by atoms with Gasteiger partial charge in [-0.2, -0.15) is 4.31 Å². The van der Waals surface area contributed by atoms with E-state index in [-0.39, 0.29) is 24.3 Å². The van der Waals surface area contributed by atoms with Crippen molar-refractivity contribution in [2.75, 3.05) is 30.3 Å². The summed E-state index contributed by atoms with van der Waals surface area (Å²) >= 11 is 0. The molecule has 9 heteroatoms. The second-order valence-corrected chi connectivity index (χ2v) is 10.3. The molecule has 0 aliphatic carbocycles. The zero-order valence-electron chi connectivity index (χ0n) is 18.4. The van der Waals surface area contributed by atoms with Gasteiger partial charge in [-0.25, -0.2) is 8.42 Å². The van der Waals surface area contributed by atoms with E-state index >= 15 is 0 Å². The summed E-state index contributed by atoms with van der Waals surface area (Å²) in [5.41, 5.74) is 3.59. The van der Waals surface area contributed by atoms with Gasteiger partial charge < -0.3 is 15.4 Å². The summed E-state index contributed by atoms with van der Waals surface area (Å²) in [7, 11) is -3.62. The number of benzene rings is 2. The second kappa shape index (κ2) is 8.55. The molecular weight excluding hydrogens is 430 g/mol. The first-order valence-electron chi connectivity index (χ1n) is 10.6. The van der Waals surface area contributed by atoms with Crippen LogP contribution in [0.25, 0.3) is 0 Å². The first-order chi connectivity index (χ1) is 15.1. The molecule has 0 radical (unpaired) electrons. The maximum atomic E-state index is 13.2. The number of rotatable bonds is 4. The third-order valence-corrected chi connectivity index (χ3v) is 8.11. The van der Waals surface area contributed by atoms with Crippen molar-refractivity contribution < 1.29 is 22.7 Å². The first-order valence-corrected chi connectivity index (χ1v) is 12.0. The summed E-state index contributed by atoms with van der Waals surface area (Å²) < 4.78 is 33.3. The van der Waals surface area contributed by atoms with Crippen LogP contribution >= 0.6 is 0 Å². The van der Waals surface area contributed by atoms with E-state index in [1.807, 2.05) is 32.9 Å². The van der Waals surface area contributed by atoms with Gasteiger partial charge >= 0.3 is 0 Å². The number of nitrogens with one attached hydrogen (secondary N) is 2. The van der Waals surface area contributed by atoms with Gasteiger partial charge in [-0.15, -0.1) is 0 Å². The van der Waals surface area contributed by atoms with E-state index < -0.39 is 10.0 Å². The van der Waals surface area contributed by atoms with Gasteiger partial charge in [0.15, 0.2) is 6.61 Å². The van der Waals surface area contributed by atoms with Crippen LogP contribution in [0, 0.1) is 26.7 Å². The molecule has 0 bridgehead atoms. The van der Waals surface area contributed by atoms with Gasteiger partial charge in [-0.3, -0.25) is 9.59 Å². The van der Waals surface area contributed by atoms with Gasteiger partial charge in [0.25, 0.3) is 5.91 Å². The molecule has 2 aromatic carbocycles. The monoisotopic (exact) mass is 457 g/mol. The van der Waals surface area contributed by atoms with Crippen LogP contribution in [0.5, 0.6) is 5.75 Å². The van der Waals surface area contributed by atoms with Gasteiger partial charge in [0.05, 0.1) is 10.6 Å². The first kappa shape index (κ1) is 22.3. The van der Waals surface area contributed by atoms with Crippen molar-refractivity contribution in [1.29, 1.82) is 0 Å². The number of piperidine rings is 1. The second-order valence-electron chi connectivity index (χ2n) is 8.44. The van der Waals surface area contributed by atoms with Gasteiger partial charge in [0, 0.05) is 24.7 Å². The van der Waals surface area contributed by atoms with Crippen LogP contribution in [0.1, 0.15) is 29.5 Å². The van der Waals surface area contributed by atoms with Crippen molar-refractivity contribution in [1.82, 2.24) is 4.31 Å². The molecule has 0 atom stereocenters. The average molecular weight is 458 g/mol. The Morgan fingerprint density at radius 3 is 2.41 bits per heavy atom. The molecule has 2 aromatic rings. The Bertz CT molecular complexity index is 1160. The Labute approximate surface area is 188 Å². The topological polar surface area (TPSA) is 105 Å². The number of hydrogen-bond donors (Lipinski definition) is 2. The molecule has 2 aliphatic heterocycles. The zero-order valence-corrected chi connectivity index (χ0v) is 19.2. The fourth-order valence-corrected chi connectivity index (χ4v) is 6.35. The molecule has 170 valence electrons. The van der Waals surface area contributed by atoms with Crippen LogP contribution in [0.15, 0.2) is 35.2 Å². The third-order valence-electron chi connectivity index (χ3n) is 5.91. The maximum Gasteiger partial charge on any atom is 0.262 e. The highest BCUT2D eigenvalue weighted by Gasteiger charge is 2.33. The van der Waals surface area contributed by atoms with Crippen molar-refractivity contribution in [2.24, 2.45) is 5.92 Å². The number of carbonyl (C=O) groups excluding carboxylic acids is 2. The van der Waals surface area contributed by atoms with E-state index in [1.54, 1.807) is 18.2 Å². The minimum atomic E-state index is -3.62. The lowest BCUT2D eigenvalue weighted by molar-refractivity contribution is -0.121.